The molecule has 0 spiro atoms. The van der Waals surface area contributed by atoms with Crippen LogP contribution in [0.2, 0.25) is 0 Å². The van der Waals surface area contributed by atoms with Crippen molar-refractivity contribution in [1.29, 1.82) is 0 Å². The van der Waals surface area contributed by atoms with Crippen LogP contribution in [0.15, 0.2) is 0 Å². The van der Waals surface area contributed by atoms with E-state index in [1.54, 1.807) is 0 Å². The fraction of sp³-hybridized carbons (Fsp3) is 1.00. The van der Waals surface area contributed by atoms with E-state index in [4.69, 9.17) is 0 Å². The van der Waals surface area contributed by atoms with Crippen LogP contribution in [0, 0.1) is 22.7 Å². The van der Waals surface area contributed by atoms with Gasteiger partial charge in [0.15, 0.2) is 0 Å². The summed E-state index contributed by atoms with van der Waals surface area (Å²) in [6, 6.07) is 0. The quantitative estimate of drug-likeness (QED) is 0.587. The van der Waals surface area contributed by atoms with Gasteiger partial charge in [-0.2, -0.15) is 0 Å². The Balaban J connectivity index is 2.73. The topological polar surface area (TPSA) is 0 Å². The van der Waals surface area contributed by atoms with Gasteiger partial charge in [-0.05, 0) is 35.5 Å². The van der Waals surface area contributed by atoms with Crippen molar-refractivity contribution >= 4 is 0 Å². The Hall–Kier alpha value is 0. The van der Waals surface area contributed by atoms with Gasteiger partial charge in [-0.3, -0.25) is 0 Å². The molecular formula is C14H28. The summed E-state index contributed by atoms with van der Waals surface area (Å²) in [5.41, 5.74) is 1.23. The van der Waals surface area contributed by atoms with E-state index >= 15 is 0 Å². The maximum absolute atomic E-state index is 2.49. The predicted octanol–water partition coefficient (Wildman–Crippen LogP) is 4.89. The minimum Gasteiger partial charge on any atom is -0.0651 e. The van der Waals surface area contributed by atoms with Crippen molar-refractivity contribution in [2.24, 2.45) is 22.7 Å². The highest BCUT2D eigenvalue weighted by molar-refractivity contribution is 5.03. The van der Waals surface area contributed by atoms with E-state index in [1.807, 2.05) is 0 Å². The lowest BCUT2D eigenvalue weighted by Crippen LogP contribution is -2.32. The maximum atomic E-state index is 2.49. The van der Waals surface area contributed by atoms with Gasteiger partial charge in [-0.1, -0.05) is 54.4 Å². The molecule has 1 fully saturated rings. The molecule has 2 unspecified atom stereocenters. The molecule has 0 aromatic carbocycles. The van der Waals surface area contributed by atoms with Crippen molar-refractivity contribution in [3.05, 3.63) is 0 Å². The van der Waals surface area contributed by atoms with Crippen LogP contribution >= 0.6 is 0 Å². The standard InChI is InChI=1S/C14H28/c1-7-11(3)14(9-10-14)12(4)13(5,6)8-2/h11-12H,7-10H2,1-6H3. The minimum absolute atomic E-state index is 0.528. The Labute approximate surface area is 90.5 Å². The zero-order valence-electron chi connectivity index (χ0n) is 11.0. The summed E-state index contributed by atoms with van der Waals surface area (Å²) < 4.78 is 0. The fourth-order valence-corrected chi connectivity index (χ4v) is 2.99. The minimum atomic E-state index is 0.528. The first kappa shape index (κ1) is 12.1. The van der Waals surface area contributed by atoms with E-state index < -0.39 is 0 Å². The van der Waals surface area contributed by atoms with Gasteiger partial charge in [0, 0.05) is 0 Å². The highest BCUT2D eigenvalue weighted by Crippen LogP contribution is 2.62. The molecular weight excluding hydrogens is 168 g/mol. The first-order valence-corrected chi connectivity index (χ1v) is 6.40. The molecule has 0 heteroatoms. The maximum Gasteiger partial charge on any atom is -0.0241 e. The Bertz CT molecular complexity index is 186. The average molecular weight is 196 g/mol. The molecule has 0 N–H and O–H groups in total. The third kappa shape index (κ3) is 1.85. The Morgan fingerprint density at radius 1 is 1.14 bits per heavy atom. The van der Waals surface area contributed by atoms with Gasteiger partial charge >= 0.3 is 0 Å². The van der Waals surface area contributed by atoms with Gasteiger partial charge in [-0.25, -0.2) is 0 Å². The fourth-order valence-electron chi connectivity index (χ4n) is 2.99. The molecule has 1 aliphatic rings. The molecule has 0 aromatic heterocycles. The predicted molar refractivity (Wildman–Crippen MR) is 64.4 cm³/mol. The second-order valence-electron chi connectivity index (χ2n) is 6.11. The van der Waals surface area contributed by atoms with Gasteiger partial charge in [0.1, 0.15) is 0 Å². The second kappa shape index (κ2) is 3.87. The SMILES string of the molecule is CCC(C)C1(C(C)C(C)(C)CC)CC1. The Morgan fingerprint density at radius 3 is 1.93 bits per heavy atom. The summed E-state index contributed by atoms with van der Waals surface area (Å²) in [4.78, 5) is 0. The van der Waals surface area contributed by atoms with Gasteiger partial charge in [0.2, 0.25) is 0 Å². The zero-order chi connectivity index (χ0) is 11.0. The molecule has 0 aromatic rings. The van der Waals surface area contributed by atoms with E-state index in [0.29, 0.717) is 10.8 Å². The summed E-state index contributed by atoms with van der Waals surface area (Å²) >= 11 is 0. The summed E-state index contributed by atoms with van der Waals surface area (Å²) in [6.45, 7) is 14.5. The summed E-state index contributed by atoms with van der Waals surface area (Å²) in [6.07, 6.45) is 5.62. The van der Waals surface area contributed by atoms with Crippen molar-refractivity contribution < 1.29 is 0 Å². The van der Waals surface area contributed by atoms with Crippen molar-refractivity contribution in [2.75, 3.05) is 0 Å². The zero-order valence-corrected chi connectivity index (χ0v) is 11.0. The molecule has 0 aliphatic heterocycles. The van der Waals surface area contributed by atoms with Crippen molar-refractivity contribution in [1.82, 2.24) is 0 Å². The molecule has 2 atom stereocenters. The first-order valence-electron chi connectivity index (χ1n) is 6.40. The molecule has 0 amide bonds. The molecule has 0 heterocycles. The summed E-state index contributed by atoms with van der Waals surface area (Å²) in [7, 11) is 0. The highest BCUT2D eigenvalue weighted by Gasteiger charge is 2.53. The lowest BCUT2D eigenvalue weighted by molar-refractivity contribution is 0.0905. The molecule has 1 aliphatic carbocycles. The van der Waals surface area contributed by atoms with Crippen molar-refractivity contribution in [3.8, 4) is 0 Å². The molecule has 1 saturated carbocycles. The normalized spacial score (nSPS) is 24.4. The third-order valence-corrected chi connectivity index (χ3v) is 5.37. The third-order valence-electron chi connectivity index (χ3n) is 5.37. The van der Waals surface area contributed by atoms with Crippen molar-refractivity contribution in [3.63, 3.8) is 0 Å². The molecule has 0 radical (unpaired) electrons. The van der Waals surface area contributed by atoms with Crippen LogP contribution in [-0.2, 0) is 0 Å². The second-order valence-corrected chi connectivity index (χ2v) is 6.11. The highest BCUT2D eigenvalue weighted by atomic mass is 14.6. The van der Waals surface area contributed by atoms with Gasteiger partial charge in [0.05, 0.1) is 0 Å². The van der Waals surface area contributed by atoms with Crippen LogP contribution in [0.1, 0.15) is 67.2 Å². The molecule has 1 rings (SSSR count). The Morgan fingerprint density at radius 2 is 1.64 bits per heavy atom. The molecule has 84 valence electrons. The van der Waals surface area contributed by atoms with Crippen LogP contribution < -0.4 is 0 Å². The Kier molecular flexibility index (Phi) is 3.33. The van der Waals surface area contributed by atoms with Crippen LogP contribution in [0.25, 0.3) is 0 Å². The number of hydrogen-bond donors (Lipinski definition) is 0. The van der Waals surface area contributed by atoms with Crippen molar-refractivity contribution in [2.45, 2.75) is 67.2 Å². The molecule has 0 bridgehead atoms. The van der Waals surface area contributed by atoms with Crippen LogP contribution in [-0.4, -0.2) is 0 Å². The van der Waals surface area contributed by atoms with Crippen LogP contribution in [0.4, 0.5) is 0 Å². The average Bonchev–Trinajstić information content (AvgIpc) is 2.96. The largest absolute Gasteiger partial charge is 0.0651 e. The van der Waals surface area contributed by atoms with Gasteiger partial charge in [0.25, 0.3) is 0 Å². The summed E-state index contributed by atoms with van der Waals surface area (Å²) in [5.74, 6) is 1.80. The van der Waals surface area contributed by atoms with Gasteiger partial charge < -0.3 is 0 Å². The number of rotatable bonds is 5. The van der Waals surface area contributed by atoms with E-state index in [-0.39, 0.29) is 0 Å². The lowest BCUT2D eigenvalue weighted by Gasteiger charge is -2.40. The number of hydrogen-bond acceptors (Lipinski definition) is 0. The van der Waals surface area contributed by atoms with Gasteiger partial charge in [-0.15, -0.1) is 0 Å². The van der Waals surface area contributed by atoms with E-state index in [0.717, 1.165) is 11.8 Å². The molecule has 0 nitrogen and oxygen atoms in total. The summed E-state index contributed by atoms with van der Waals surface area (Å²) in [5, 5.41) is 0. The van der Waals surface area contributed by atoms with E-state index in [9.17, 15) is 0 Å². The monoisotopic (exact) mass is 196 g/mol. The smallest absolute Gasteiger partial charge is 0.0241 e. The molecule has 14 heavy (non-hydrogen) atoms. The molecule has 0 saturated heterocycles. The van der Waals surface area contributed by atoms with E-state index in [2.05, 4.69) is 41.5 Å². The van der Waals surface area contributed by atoms with Crippen LogP contribution in [0.5, 0.6) is 0 Å². The first-order chi connectivity index (χ1) is 6.40. The van der Waals surface area contributed by atoms with Crippen LogP contribution in [0.3, 0.4) is 0 Å². The lowest BCUT2D eigenvalue weighted by atomic mass is 9.65. The van der Waals surface area contributed by atoms with E-state index in [1.165, 1.54) is 25.7 Å².